The van der Waals surface area contributed by atoms with E-state index in [-0.39, 0.29) is 6.09 Å². The Bertz CT molecular complexity index is 611. The Hall–Kier alpha value is -2.49. The minimum atomic E-state index is -0.494. The van der Waals surface area contributed by atoms with E-state index in [1.807, 2.05) is 31.7 Å². The number of ether oxygens (including phenoxy) is 2. The Morgan fingerprint density at radius 3 is 2.48 bits per heavy atom. The van der Waals surface area contributed by atoms with Crippen LogP contribution in [0.3, 0.4) is 0 Å². The number of anilines is 1. The van der Waals surface area contributed by atoms with Crippen LogP contribution < -0.4 is 9.64 Å². The van der Waals surface area contributed by atoms with Gasteiger partial charge < -0.3 is 19.3 Å². The molecule has 2 rings (SSSR count). The minimum Gasteiger partial charge on any atom is -0.493 e. The lowest BCUT2D eigenvalue weighted by molar-refractivity contribution is 0.0240. The second-order valence-electron chi connectivity index (χ2n) is 6.32. The summed E-state index contributed by atoms with van der Waals surface area (Å²) in [5, 5.41) is 8.93. The summed E-state index contributed by atoms with van der Waals surface area (Å²) in [6, 6.07) is 3.71. The molecule has 0 saturated carbocycles. The van der Waals surface area contributed by atoms with Crippen molar-refractivity contribution < 1.29 is 14.3 Å². The standard InChI is InChI=1S/C16H22N4O3/c1-16(2,3)23-15(21)20-7-5-19(6-8-20)14-13(22-4)9-12(10-17)11-18-14/h9,11H,5-8H2,1-4H3. The van der Waals surface area contributed by atoms with Crippen molar-refractivity contribution in [1.82, 2.24) is 9.88 Å². The molecular formula is C16H22N4O3. The molecule has 23 heavy (non-hydrogen) atoms. The van der Waals surface area contributed by atoms with E-state index in [0.29, 0.717) is 43.3 Å². The van der Waals surface area contributed by atoms with Gasteiger partial charge in [-0.15, -0.1) is 0 Å². The highest BCUT2D eigenvalue weighted by molar-refractivity contribution is 5.68. The summed E-state index contributed by atoms with van der Waals surface area (Å²) >= 11 is 0. The third kappa shape index (κ3) is 4.25. The second-order valence-corrected chi connectivity index (χ2v) is 6.32. The Kier molecular flexibility index (Phi) is 4.94. The summed E-state index contributed by atoms with van der Waals surface area (Å²) in [7, 11) is 1.55. The average molecular weight is 318 g/mol. The number of piperazine rings is 1. The number of aromatic nitrogens is 1. The van der Waals surface area contributed by atoms with Gasteiger partial charge in [0.25, 0.3) is 0 Å². The fraction of sp³-hybridized carbons (Fsp3) is 0.562. The van der Waals surface area contributed by atoms with E-state index in [9.17, 15) is 4.79 Å². The van der Waals surface area contributed by atoms with Crippen molar-refractivity contribution in [3.05, 3.63) is 17.8 Å². The largest absolute Gasteiger partial charge is 0.493 e. The lowest BCUT2D eigenvalue weighted by atomic mass is 10.2. The van der Waals surface area contributed by atoms with Crippen LogP contribution in [-0.4, -0.2) is 54.9 Å². The second kappa shape index (κ2) is 6.73. The van der Waals surface area contributed by atoms with Gasteiger partial charge >= 0.3 is 6.09 Å². The quantitative estimate of drug-likeness (QED) is 0.830. The molecule has 124 valence electrons. The minimum absolute atomic E-state index is 0.295. The highest BCUT2D eigenvalue weighted by Crippen LogP contribution is 2.27. The lowest BCUT2D eigenvalue weighted by Crippen LogP contribution is -2.50. The number of nitriles is 1. The normalized spacial score (nSPS) is 15.1. The van der Waals surface area contributed by atoms with Crippen LogP contribution in [0, 0.1) is 11.3 Å². The van der Waals surface area contributed by atoms with Gasteiger partial charge in [-0.05, 0) is 20.8 Å². The molecule has 0 atom stereocenters. The van der Waals surface area contributed by atoms with Gasteiger partial charge in [0.2, 0.25) is 0 Å². The van der Waals surface area contributed by atoms with Crippen LogP contribution in [-0.2, 0) is 4.74 Å². The first-order chi connectivity index (χ1) is 10.8. The SMILES string of the molecule is COc1cc(C#N)cnc1N1CCN(C(=O)OC(C)(C)C)CC1. The molecule has 1 aliphatic heterocycles. The summed E-state index contributed by atoms with van der Waals surface area (Å²) < 4.78 is 10.7. The number of amides is 1. The topological polar surface area (TPSA) is 78.7 Å². The fourth-order valence-corrected chi connectivity index (χ4v) is 2.31. The number of carbonyl (C=O) groups is 1. The van der Waals surface area contributed by atoms with E-state index >= 15 is 0 Å². The Morgan fingerprint density at radius 2 is 1.96 bits per heavy atom. The maximum atomic E-state index is 12.1. The van der Waals surface area contributed by atoms with Crippen LogP contribution >= 0.6 is 0 Å². The van der Waals surface area contributed by atoms with Gasteiger partial charge in [0.1, 0.15) is 11.7 Å². The van der Waals surface area contributed by atoms with E-state index in [1.54, 1.807) is 18.1 Å². The molecular weight excluding hydrogens is 296 g/mol. The fourth-order valence-electron chi connectivity index (χ4n) is 2.31. The van der Waals surface area contributed by atoms with Crippen LogP contribution in [0.1, 0.15) is 26.3 Å². The number of methoxy groups -OCH3 is 1. The highest BCUT2D eigenvalue weighted by Gasteiger charge is 2.27. The van der Waals surface area contributed by atoms with Crippen molar-refractivity contribution >= 4 is 11.9 Å². The molecule has 0 N–H and O–H groups in total. The average Bonchev–Trinajstić information content (AvgIpc) is 2.52. The summed E-state index contributed by atoms with van der Waals surface area (Å²) in [6.45, 7) is 7.94. The lowest BCUT2D eigenvalue weighted by Gasteiger charge is -2.36. The maximum absolute atomic E-state index is 12.1. The number of hydrogen-bond acceptors (Lipinski definition) is 6. The van der Waals surface area contributed by atoms with Crippen LogP contribution in [0.5, 0.6) is 5.75 Å². The van der Waals surface area contributed by atoms with Gasteiger partial charge in [0, 0.05) is 38.4 Å². The molecule has 1 saturated heterocycles. The monoisotopic (exact) mass is 318 g/mol. The van der Waals surface area contributed by atoms with Crippen molar-refractivity contribution in [3.8, 4) is 11.8 Å². The molecule has 1 aromatic heterocycles. The van der Waals surface area contributed by atoms with Crippen LogP contribution in [0.2, 0.25) is 0 Å². The number of carbonyl (C=O) groups excluding carboxylic acids is 1. The third-order valence-electron chi connectivity index (χ3n) is 3.41. The molecule has 1 amide bonds. The molecule has 1 aliphatic rings. The Morgan fingerprint density at radius 1 is 1.30 bits per heavy atom. The number of hydrogen-bond donors (Lipinski definition) is 0. The van der Waals surface area contributed by atoms with Gasteiger partial charge in [-0.1, -0.05) is 0 Å². The summed E-state index contributed by atoms with van der Waals surface area (Å²) in [6.07, 6.45) is 1.23. The maximum Gasteiger partial charge on any atom is 0.410 e. The zero-order valence-electron chi connectivity index (χ0n) is 14.0. The molecule has 7 nitrogen and oxygen atoms in total. The molecule has 1 fully saturated rings. The van der Waals surface area contributed by atoms with E-state index in [0.717, 1.165) is 0 Å². The summed E-state index contributed by atoms with van der Waals surface area (Å²) in [5.41, 5.74) is -0.0375. The van der Waals surface area contributed by atoms with Crippen LogP contribution in [0.15, 0.2) is 12.3 Å². The predicted molar refractivity (Wildman–Crippen MR) is 85.5 cm³/mol. The van der Waals surface area contributed by atoms with Crippen molar-refractivity contribution in [2.45, 2.75) is 26.4 Å². The first-order valence-corrected chi connectivity index (χ1v) is 7.51. The van der Waals surface area contributed by atoms with Crippen LogP contribution in [0.25, 0.3) is 0 Å². The van der Waals surface area contributed by atoms with E-state index in [2.05, 4.69) is 4.98 Å². The highest BCUT2D eigenvalue weighted by atomic mass is 16.6. The number of rotatable bonds is 2. The molecule has 2 heterocycles. The van der Waals surface area contributed by atoms with E-state index in [4.69, 9.17) is 14.7 Å². The summed E-state index contributed by atoms with van der Waals surface area (Å²) in [4.78, 5) is 20.1. The third-order valence-corrected chi connectivity index (χ3v) is 3.41. The van der Waals surface area contributed by atoms with Gasteiger partial charge in [0.15, 0.2) is 11.6 Å². The molecule has 0 bridgehead atoms. The Balaban J connectivity index is 2.02. The van der Waals surface area contributed by atoms with Gasteiger partial charge in [-0.3, -0.25) is 0 Å². The van der Waals surface area contributed by atoms with Crippen molar-refractivity contribution in [2.24, 2.45) is 0 Å². The molecule has 0 radical (unpaired) electrons. The number of nitrogens with zero attached hydrogens (tertiary/aromatic N) is 4. The van der Waals surface area contributed by atoms with Crippen LogP contribution in [0.4, 0.5) is 10.6 Å². The van der Waals surface area contributed by atoms with Crippen molar-refractivity contribution in [2.75, 3.05) is 38.2 Å². The predicted octanol–water partition coefficient (Wildman–Crippen LogP) is 2.02. The zero-order valence-corrected chi connectivity index (χ0v) is 14.0. The first kappa shape index (κ1) is 16.9. The zero-order chi connectivity index (χ0) is 17.0. The van der Waals surface area contributed by atoms with Crippen molar-refractivity contribution in [3.63, 3.8) is 0 Å². The smallest absolute Gasteiger partial charge is 0.410 e. The van der Waals surface area contributed by atoms with E-state index < -0.39 is 5.60 Å². The molecule has 0 unspecified atom stereocenters. The van der Waals surface area contributed by atoms with Gasteiger partial charge in [-0.25, -0.2) is 9.78 Å². The van der Waals surface area contributed by atoms with E-state index in [1.165, 1.54) is 6.20 Å². The Labute approximate surface area is 136 Å². The van der Waals surface area contributed by atoms with Gasteiger partial charge in [0.05, 0.1) is 12.7 Å². The molecule has 7 heteroatoms. The molecule has 1 aromatic rings. The van der Waals surface area contributed by atoms with Crippen molar-refractivity contribution in [1.29, 1.82) is 5.26 Å². The molecule has 0 aromatic carbocycles. The number of pyridine rings is 1. The molecule has 0 aliphatic carbocycles. The van der Waals surface area contributed by atoms with Gasteiger partial charge in [-0.2, -0.15) is 5.26 Å². The molecule has 0 spiro atoms. The summed E-state index contributed by atoms with van der Waals surface area (Å²) in [5.74, 6) is 1.25. The first-order valence-electron chi connectivity index (χ1n) is 7.51.